The van der Waals surface area contributed by atoms with Crippen molar-refractivity contribution in [2.45, 2.75) is 71.8 Å². The van der Waals surface area contributed by atoms with Gasteiger partial charge in [0, 0.05) is 83.4 Å². The van der Waals surface area contributed by atoms with Crippen LogP contribution in [0, 0.1) is 0 Å². The maximum atomic E-state index is 14.2. The molecule has 238 valence electrons. The summed E-state index contributed by atoms with van der Waals surface area (Å²) in [5.41, 5.74) is 2.01. The van der Waals surface area contributed by atoms with Gasteiger partial charge in [0.15, 0.2) is 5.65 Å². The van der Waals surface area contributed by atoms with Gasteiger partial charge in [0.25, 0.3) is 5.56 Å². The van der Waals surface area contributed by atoms with Gasteiger partial charge in [-0.25, -0.2) is 4.79 Å². The first-order valence-corrected chi connectivity index (χ1v) is 19.2. The first kappa shape index (κ1) is 32.1. The molecule has 1 fully saturated rings. The summed E-state index contributed by atoms with van der Waals surface area (Å²) in [4.78, 5) is 35.9. The molecule has 0 bridgehead atoms. The van der Waals surface area contributed by atoms with Gasteiger partial charge in [-0.05, 0) is 39.8 Å². The molecular weight excluding hydrogens is 598 g/mol. The van der Waals surface area contributed by atoms with Gasteiger partial charge in [-0.15, -0.1) is 0 Å². The second-order valence-electron chi connectivity index (χ2n) is 14.0. The summed E-state index contributed by atoms with van der Waals surface area (Å²) in [6, 6.07) is 4.72. The molecule has 1 atom stereocenters. The van der Waals surface area contributed by atoms with E-state index in [0.717, 1.165) is 22.5 Å². The van der Waals surface area contributed by atoms with Crippen molar-refractivity contribution < 1.29 is 14.3 Å². The molecule has 1 amide bonds. The lowest BCUT2D eigenvalue weighted by molar-refractivity contribution is 0.0158. The minimum atomic E-state index is -1.28. The molecule has 44 heavy (non-hydrogen) atoms. The summed E-state index contributed by atoms with van der Waals surface area (Å²) in [5, 5.41) is 6.31. The molecule has 1 saturated heterocycles. The van der Waals surface area contributed by atoms with Crippen molar-refractivity contribution in [1.29, 1.82) is 0 Å². The number of aromatic nitrogens is 5. The highest BCUT2D eigenvalue weighted by atomic mass is 35.5. The molecule has 1 aliphatic heterocycles. The molecule has 0 aliphatic carbocycles. The number of halogens is 1. The minimum Gasteiger partial charge on any atom is -0.444 e. The molecule has 0 saturated carbocycles. The fourth-order valence-corrected chi connectivity index (χ4v) is 6.62. The van der Waals surface area contributed by atoms with E-state index in [4.69, 9.17) is 26.1 Å². The van der Waals surface area contributed by atoms with Crippen molar-refractivity contribution in [2.24, 2.45) is 14.1 Å². The van der Waals surface area contributed by atoms with Crippen LogP contribution in [0.15, 0.2) is 29.3 Å². The van der Waals surface area contributed by atoms with Crippen LogP contribution in [0.1, 0.15) is 27.7 Å². The zero-order chi connectivity index (χ0) is 32.1. The van der Waals surface area contributed by atoms with Crippen molar-refractivity contribution in [1.82, 2.24) is 28.8 Å². The Bertz CT molecular complexity index is 1770. The zero-order valence-corrected chi connectivity index (χ0v) is 29.0. The second kappa shape index (κ2) is 11.9. The largest absolute Gasteiger partial charge is 0.444 e. The number of ether oxygens (including phenoxy) is 2. The molecule has 11 nitrogen and oxygen atoms in total. The number of anilines is 1. The first-order chi connectivity index (χ1) is 20.5. The van der Waals surface area contributed by atoms with Gasteiger partial charge in [0.05, 0.1) is 15.9 Å². The fourth-order valence-electron chi connectivity index (χ4n) is 5.55. The van der Waals surface area contributed by atoms with Gasteiger partial charge in [-0.2, -0.15) is 10.1 Å². The predicted octanol–water partition coefficient (Wildman–Crippen LogP) is 5.70. The lowest BCUT2D eigenvalue weighted by Gasteiger charge is -2.40. The van der Waals surface area contributed by atoms with E-state index in [0.29, 0.717) is 53.8 Å². The summed E-state index contributed by atoms with van der Waals surface area (Å²) in [7, 11) is 2.32. The Labute approximate surface area is 264 Å². The minimum absolute atomic E-state index is 0.136. The van der Waals surface area contributed by atoms with Gasteiger partial charge in [-0.3, -0.25) is 14.0 Å². The number of nitrogens with zero attached hydrogens (tertiary/aromatic N) is 7. The van der Waals surface area contributed by atoms with E-state index in [1.165, 1.54) is 0 Å². The number of benzene rings is 1. The lowest BCUT2D eigenvalue weighted by Crippen LogP contribution is -2.56. The standard InChI is InChI=1S/C31H44ClN7O4Si/c1-20-16-37(12-13-39(20)30(41)43-31(2,3)4)29-33-27-25(28(40)36(29)6)22(18-38(27)19-42-14-15-44(7,8)9)21-10-11-24-23(26(21)32)17-35(5)34-24/h10-11,17-18,20H,12-16,19H2,1-9H3/t20-/m1/s1. The highest BCUT2D eigenvalue weighted by Gasteiger charge is 2.33. The summed E-state index contributed by atoms with van der Waals surface area (Å²) in [6.45, 7) is 16.9. The second-order valence-corrected chi connectivity index (χ2v) is 20.0. The van der Waals surface area contributed by atoms with Crippen LogP contribution in [-0.4, -0.2) is 80.8 Å². The summed E-state index contributed by atoms with van der Waals surface area (Å²) in [5.74, 6) is 0.542. The maximum absolute atomic E-state index is 14.2. The van der Waals surface area contributed by atoms with Crippen molar-refractivity contribution >= 4 is 53.7 Å². The van der Waals surface area contributed by atoms with Gasteiger partial charge >= 0.3 is 6.09 Å². The highest BCUT2D eigenvalue weighted by molar-refractivity contribution is 6.76. The number of rotatable bonds is 7. The van der Waals surface area contributed by atoms with Crippen LogP contribution >= 0.6 is 11.6 Å². The van der Waals surface area contributed by atoms with Gasteiger partial charge in [0.2, 0.25) is 5.95 Å². The third kappa shape index (κ3) is 6.52. The normalized spacial score (nSPS) is 16.4. The molecule has 0 spiro atoms. The number of amides is 1. The van der Waals surface area contributed by atoms with E-state index in [1.807, 2.05) is 63.8 Å². The molecule has 5 rings (SSSR count). The molecule has 4 aromatic rings. The number of carbonyl (C=O) groups excluding carboxylic acids is 1. The molecule has 3 aromatic heterocycles. The number of hydrogen-bond acceptors (Lipinski definition) is 7. The average molecular weight is 642 g/mol. The fraction of sp³-hybridized carbons (Fsp3) is 0.548. The van der Waals surface area contributed by atoms with Crippen LogP contribution in [0.25, 0.3) is 33.1 Å². The van der Waals surface area contributed by atoms with Crippen LogP contribution in [0.2, 0.25) is 30.7 Å². The number of piperazine rings is 1. The van der Waals surface area contributed by atoms with Crippen molar-refractivity contribution in [3.8, 4) is 11.1 Å². The predicted molar refractivity (Wildman–Crippen MR) is 178 cm³/mol. The third-order valence-corrected chi connectivity index (χ3v) is 9.98. The summed E-state index contributed by atoms with van der Waals surface area (Å²) in [6.07, 6.45) is 3.47. The number of fused-ring (bicyclic) bond motifs is 2. The van der Waals surface area contributed by atoms with E-state index in [2.05, 4.69) is 29.6 Å². The molecule has 13 heteroatoms. The lowest BCUT2D eigenvalue weighted by atomic mass is 10.0. The summed E-state index contributed by atoms with van der Waals surface area (Å²) < 4.78 is 17.0. The third-order valence-electron chi connectivity index (χ3n) is 7.87. The van der Waals surface area contributed by atoms with Crippen LogP contribution in [-0.2, 0) is 30.3 Å². The van der Waals surface area contributed by atoms with E-state index in [1.54, 1.807) is 21.2 Å². The van der Waals surface area contributed by atoms with Gasteiger partial charge in [-0.1, -0.05) is 37.3 Å². The molecule has 4 heterocycles. The number of hydrogen-bond donors (Lipinski definition) is 0. The maximum Gasteiger partial charge on any atom is 0.410 e. The monoisotopic (exact) mass is 641 g/mol. The van der Waals surface area contributed by atoms with E-state index >= 15 is 0 Å². The van der Waals surface area contributed by atoms with E-state index in [-0.39, 0.29) is 24.4 Å². The molecular formula is C31H44ClN7O4Si. The van der Waals surface area contributed by atoms with Crippen molar-refractivity contribution in [3.63, 3.8) is 0 Å². The van der Waals surface area contributed by atoms with Crippen LogP contribution in [0.3, 0.4) is 0 Å². The first-order valence-electron chi connectivity index (χ1n) is 15.1. The molecule has 1 aromatic carbocycles. The number of carbonyl (C=O) groups is 1. The molecule has 0 unspecified atom stereocenters. The summed E-state index contributed by atoms with van der Waals surface area (Å²) >= 11 is 6.95. The average Bonchev–Trinajstić information content (AvgIpc) is 3.47. The smallest absolute Gasteiger partial charge is 0.410 e. The van der Waals surface area contributed by atoms with Crippen LogP contribution < -0.4 is 10.5 Å². The Kier molecular flexibility index (Phi) is 8.64. The molecule has 0 radical (unpaired) electrons. The van der Waals surface area contributed by atoms with E-state index in [9.17, 15) is 9.59 Å². The van der Waals surface area contributed by atoms with E-state index < -0.39 is 13.7 Å². The van der Waals surface area contributed by atoms with Crippen LogP contribution in [0.4, 0.5) is 10.7 Å². The van der Waals surface area contributed by atoms with Gasteiger partial charge in [0.1, 0.15) is 12.3 Å². The zero-order valence-electron chi connectivity index (χ0n) is 27.3. The Morgan fingerprint density at radius 3 is 2.50 bits per heavy atom. The van der Waals surface area contributed by atoms with Gasteiger partial charge < -0.3 is 23.8 Å². The Hall–Kier alpha value is -3.35. The Morgan fingerprint density at radius 1 is 1.11 bits per heavy atom. The van der Waals surface area contributed by atoms with Crippen molar-refractivity contribution in [3.05, 3.63) is 39.9 Å². The molecule has 1 aliphatic rings. The number of aryl methyl sites for hydroxylation is 1. The SMILES string of the molecule is C[C@@H]1CN(c2nc3c(c(-c4ccc5nn(C)cc5c4Cl)cn3COCC[Si](C)(C)C)c(=O)n2C)CCN1C(=O)OC(C)(C)C. The quantitative estimate of drug-likeness (QED) is 0.189. The Balaban J connectivity index is 1.55. The van der Waals surface area contributed by atoms with Crippen LogP contribution in [0.5, 0.6) is 0 Å². The van der Waals surface area contributed by atoms with Crippen molar-refractivity contribution in [2.75, 3.05) is 31.1 Å². The topological polar surface area (TPSA) is 99.7 Å². The molecule has 0 N–H and O–H groups in total. The highest BCUT2D eigenvalue weighted by Crippen LogP contribution is 2.37. The Morgan fingerprint density at radius 2 is 1.84 bits per heavy atom.